The van der Waals surface area contributed by atoms with E-state index in [1.54, 1.807) is 6.20 Å². The van der Waals surface area contributed by atoms with Crippen LogP contribution in [0.3, 0.4) is 0 Å². The second-order valence-corrected chi connectivity index (χ2v) is 8.28. The first-order valence-electron chi connectivity index (χ1n) is 10.7. The number of rotatable bonds is 3. The third-order valence-corrected chi connectivity index (χ3v) is 6.53. The van der Waals surface area contributed by atoms with Crippen LogP contribution >= 0.6 is 0 Å². The van der Waals surface area contributed by atoms with E-state index in [9.17, 15) is 9.59 Å². The minimum absolute atomic E-state index is 0.00147. The third kappa shape index (κ3) is 3.44. The molecule has 1 N–H and O–H groups in total. The molecule has 2 aromatic heterocycles. The van der Waals surface area contributed by atoms with Gasteiger partial charge in [-0.1, -0.05) is 24.6 Å². The predicted molar refractivity (Wildman–Crippen MR) is 113 cm³/mol. The van der Waals surface area contributed by atoms with E-state index in [1.165, 1.54) is 37.0 Å². The molecule has 29 heavy (non-hydrogen) atoms. The highest BCUT2D eigenvalue weighted by atomic mass is 16.2. The molecule has 2 aliphatic rings. The van der Waals surface area contributed by atoms with Gasteiger partial charge in [0.2, 0.25) is 5.91 Å². The molecule has 1 amide bonds. The summed E-state index contributed by atoms with van der Waals surface area (Å²) >= 11 is 0. The van der Waals surface area contributed by atoms with Gasteiger partial charge in [-0.15, -0.1) is 0 Å². The van der Waals surface area contributed by atoms with Crippen molar-refractivity contribution in [1.29, 1.82) is 0 Å². The summed E-state index contributed by atoms with van der Waals surface area (Å²) in [6.45, 7) is 3.93. The summed E-state index contributed by atoms with van der Waals surface area (Å²) in [7, 11) is 0. The number of hydrogen-bond acceptors (Lipinski definition) is 4. The Morgan fingerprint density at radius 1 is 1.03 bits per heavy atom. The standard InChI is InChI=1S/C22H27N5O2/c28-20(26-12-8-16(9-13-26)25-10-4-1-5-11-25)15-27-22(29)21-18(14-23-27)17-6-2-3-7-19(17)24-21/h2-3,6-7,14,16,24H,1,4-5,8-13,15H2. The Hall–Kier alpha value is -2.67. The van der Waals surface area contributed by atoms with Crippen molar-refractivity contribution in [2.75, 3.05) is 26.2 Å². The number of H-pyrrole nitrogens is 1. The van der Waals surface area contributed by atoms with Crippen LogP contribution in [-0.4, -0.2) is 62.7 Å². The third-order valence-electron chi connectivity index (χ3n) is 6.53. The number of likely N-dealkylation sites (tertiary alicyclic amines) is 2. The Kier molecular flexibility index (Phi) is 4.83. The molecule has 2 fully saturated rings. The zero-order valence-corrected chi connectivity index (χ0v) is 16.6. The number of fused-ring (bicyclic) bond motifs is 3. The van der Waals surface area contributed by atoms with Gasteiger partial charge in [0.05, 0.1) is 6.20 Å². The van der Waals surface area contributed by atoms with Gasteiger partial charge in [0.15, 0.2) is 0 Å². The van der Waals surface area contributed by atoms with E-state index in [1.807, 2.05) is 29.2 Å². The Morgan fingerprint density at radius 2 is 1.79 bits per heavy atom. The first kappa shape index (κ1) is 18.4. The number of benzene rings is 1. The number of aromatic nitrogens is 3. The van der Waals surface area contributed by atoms with E-state index in [0.29, 0.717) is 11.6 Å². The van der Waals surface area contributed by atoms with Gasteiger partial charge in [-0.25, -0.2) is 4.68 Å². The van der Waals surface area contributed by atoms with Gasteiger partial charge in [0.25, 0.3) is 5.56 Å². The molecular weight excluding hydrogens is 366 g/mol. The molecule has 5 rings (SSSR count). The monoisotopic (exact) mass is 393 g/mol. The number of amides is 1. The predicted octanol–water partition coefficient (Wildman–Crippen LogP) is 2.35. The molecule has 0 unspecified atom stereocenters. The number of aromatic amines is 1. The summed E-state index contributed by atoms with van der Waals surface area (Å²) < 4.78 is 1.29. The van der Waals surface area contributed by atoms with Crippen molar-refractivity contribution in [1.82, 2.24) is 24.6 Å². The minimum Gasteiger partial charge on any atom is -0.350 e. The van der Waals surface area contributed by atoms with Gasteiger partial charge >= 0.3 is 0 Å². The minimum atomic E-state index is -0.241. The van der Waals surface area contributed by atoms with Gasteiger partial charge in [-0.2, -0.15) is 5.10 Å². The van der Waals surface area contributed by atoms with Gasteiger partial charge in [-0.3, -0.25) is 9.59 Å². The lowest BCUT2D eigenvalue weighted by Crippen LogP contribution is -2.49. The highest BCUT2D eigenvalue weighted by Gasteiger charge is 2.28. The molecule has 152 valence electrons. The molecule has 0 spiro atoms. The Balaban J connectivity index is 1.28. The number of carbonyl (C=O) groups is 1. The maximum absolute atomic E-state index is 12.9. The van der Waals surface area contributed by atoms with Crippen LogP contribution in [0.4, 0.5) is 0 Å². The van der Waals surface area contributed by atoms with E-state index < -0.39 is 0 Å². The molecule has 0 radical (unpaired) electrons. The zero-order chi connectivity index (χ0) is 19.8. The number of nitrogens with zero attached hydrogens (tertiary/aromatic N) is 4. The topological polar surface area (TPSA) is 74.2 Å². The fourth-order valence-corrected chi connectivity index (χ4v) is 4.88. The van der Waals surface area contributed by atoms with Crippen LogP contribution in [-0.2, 0) is 11.3 Å². The van der Waals surface area contributed by atoms with Crippen molar-refractivity contribution in [2.24, 2.45) is 0 Å². The Bertz CT molecular complexity index is 1090. The summed E-state index contributed by atoms with van der Waals surface area (Å²) in [4.78, 5) is 33.3. The summed E-state index contributed by atoms with van der Waals surface area (Å²) in [6.07, 6.45) is 7.67. The van der Waals surface area contributed by atoms with E-state index in [2.05, 4.69) is 15.0 Å². The lowest BCUT2D eigenvalue weighted by Gasteiger charge is -2.40. The molecule has 0 saturated carbocycles. The number of nitrogens with one attached hydrogen (secondary N) is 1. The maximum Gasteiger partial charge on any atom is 0.291 e. The Labute approximate surface area is 169 Å². The van der Waals surface area contributed by atoms with Crippen molar-refractivity contribution in [3.8, 4) is 0 Å². The van der Waals surface area contributed by atoms with Gasteiger partial charge in [-0.05, 0) is 44.8 Å². The van der Waals surface area contributed by atoms with Gasteiger partial charge < -0.3 is 14.8 Å². The molecule has 4 heterocycles. The van der Waals surface area contributed by atoms with E-state index >= 15 is 0 Å². The highest BCUT2D eigenvalue weighted by molar-refractivity contribution is 6.06. The lowest BCUT2D eigenvalue weighted by molar-refractivity contribution is -0.133. The second kappa shape index (κ2) is 7.63. The van der Waals surface area contributed by atoms with E-state index in [0.717, 1.165) is 42.2 Å². The first-order valence-corrected chi connectivity index (χ1v) is 10.7. The summed E-state index contributed by atoms with van der Waals surface area (Å²) in [5, 5.41) is 6.06. The average Bonchev–Trinajstić information content (AvgIpc) is 3.16. The summed E-state index contributed by atoms with van der Waals surface area (Å²) in [5.74, 6) is -0.0212. The number of hydrogen-bond donors (Lipinski definition) is 1. The second-order valence-electron chi connectivity index (χ2n) is 8.28. The van der Waals surface area contributed by atoms with Crippen molar-refractivity contribution in [3.05, 3.63) is 40.8 Å². The molecule has 2 saturated heterocycles. The van der Waals surface area contributed by atoms with E-state index in [4.69, 9.17) is 0 Å². The van der Waals surface area contributed by atoms with Gasteiger partial charge in [0, 0.05) is 35.4 Å². The summed E-state index contributed by atoms with van der Waals surface area (Å²) in [6, 6.07) is 8.38. The van der Waals surface area contributed by atoms with Crippen molar-refractivity contribution in [3.63, 3.8) is 0 Å². The molecule has 0 atom stereocenters. The molecular formula is C22H27N5O2. The Morgan fingerprint density at radius 3 is 2.59 bits per heavy atom. The van der Waals surface area contributed by atoms with Crippen molar-refractivity contribution < 1.29 is 4.79 Å². The van der Waals surface area contributed by atoms with Crippen LogP contribution < -0.4 is 5.56 Å². The fraction of sp³-hybridized carbons (Fsp3) is 0.500. The zero-order valence-electron chi connectivity index (χ0n) is 16.6. The van der Waals surface area contributed by atoms with Crippen molar-refractivity contribution in [2.45, 2.75) is 44.7 Å². The van der Waals surface area contributed by atoms with Crippen LogP contribution in [0, 0.1) is 0 Å². The molecule has 7 nitrogen and oxygen atoms in total. The van der Waals surface area contributed by atoms with Crippen LogP contribution in [0.25, 0.3) is 21.8 Å². The first-order chi connectivity index (χ1) is 14.2. The fourth-order valence-electron chi connectivity index (χ4n) is 4.88. The molecule has 3 aromatic rings. The van der Waals surface area contributed by atoms with Crippen molar-refractivity contribution >= 4 is 27.7 Å². The van der Waals surface area contributed by atoms with Crippen LogP contribution in [0.15, 0.2) is 35.3 Å². The molecule has 0 aliphatic carbocycles. The molecule has 0 bridgehead atoms. The normalized spacial score (nSPS) is 19.2. The SMILES string of the molecule is O=C(Cn1ncc2c([nH]c3ccccc32)c1=O)N1CCC(N2CCCCC2)CC1. The van der Waals surface area contributed by atoms with Gasteiger partial charge in [0.1, 0.15) is 12.1 Å². The number of para-hydroxylation sites is 1. The largest absolute Gasteiger partial charge is 0.350 e. The summed E-state index contributed by atoms with van der Waals surface area (Å²) in [5.41, 5.74) is 1.18. The smallest absolute Gasteiger partial charge is 0.291 e. The van der Waals surface area contributed by atoms with Crippen LogP contribution in [0.5, 0.6) is 0 Å². The maximum atomic E-state index is 12.9. The molecule has 2 aliphatic heterocycles. The average molecular weight is 393 g/mol. The molecule has 1 aromatic carbocycles. The van der Waals surface area contributed by atoms with Crippen LogP contribution in [0.1, 0.15) is 32.1 Å². The number of carbonyl (C=O) groups excluding carboxylic acids is 1. The lowest BCUT2D eigenvalue weighted by atomic mass is 10.00. The molecule has 7 heteroatoms. The highest BCUT2D eigenvalue weighted by Crippen LogP contribution is 2.23. The van der Waals surface area contributed by atoms with Crippen LogP contribution in [0.2, 0.25) is 0 Å². The quantitative estimate of drug-likeness (QED) is 0.741. The van der Waals surface area contributed by atoms with E-state index in [-0.39, 0.29) is 18.0 Å². The number of piperidine rings is 2.